The van der Waals surface area contributed by atoms with E-state index in [-0.39, 0.29) is 0 Å². The van der Waals surface area contributed by atoms with Gasteiger partial charge < -0.3 is 19.8 Å². The largest absolute Gasteiger partial charge is 0.339 e. The van der Waals surface area contributed by atoms with Crippen molar-refractivity contribution in [2.24, 2.45) is 0 Å². The van der Waals surface area contributed by atoms with Crippen LogP contribution in [0.2, 0.25) is 0 Å². The van der Waals surface area contributed by atoms with Crippen LogP contribution in [0.4, 0.5) is 0 Å². The van der Waals surface area contributed by atoms with E-state index in [0.717, 1.165) is 57.1 Å². The van der Waals surface area contributed by atoms with Gasteiger partial charge in [-0.2, -0.15) is 0 Å². The highest BCUT2D eigenvalue weighted by Crippen LogP contribution is 2.32. The molecule has 0 spiro atoms. The molecule has 6 rings (SSSR count). The van der Waals surface area contributed by atoms with Crippen LogP contribution < -0.4 is 10.6 Å². The molecule has 2 N–H and O–H groups in total. The first-order chi connectivity index (χ1) is 22.3. The van der Waals surface area contributed by atoms with Crippen LogP contribution in [0.25, 0.3) is 43.6 Å². The second-order valence-electron chi connectivity index (χ2n) is 12.5. The van der Waals surface area contributed by atoms with E-state index in [4.69, 9.17) is 9.97 Å². The summed E-state index contributed by atoms with van der Waals surface area (Å²) in [5.41, 5.74) is 7.54. The minimum atomic E-state index is 0.779. The van der Waals surface area contributed by atoms with Gasteiger partial charge in [-0.3, -0.25) is 9.97 Å². The van der Waals surface area contributed by atoms with Gasteiger partial charge in [-0.15, -0.1) is 0 Å². The van der Waals surface area contributed by atoms with Crippen LogP contribution in [0.1, 0.15) is 83.0 Å². The van der Waals surface area contributed by atoms with Gasteiger partial charge in [-0.25, -0.2) is 0 Å². The fourth-order valence-electron chi connectivity index (χ4n) is 7.01. The molecule has 6 aromatic rings. The molecular weight excluding hydrogens is 552 g/mol. The van der Waals surface area contributed by atoms with Crippen molar-refractivity contribution in [1.82, 2.24) is 29.7 Å². The first kappa shape index (κ1) is 31.3. The predicted octanol–water partition coefficient (Wildman–Crippen LogP) is 9.12. The standard InChI is InChI=1S/C39H50N6/c1-3-5-7-13-26-44-36-18-11-9-16-30(36)32-20-24-42-34(38(32)44)28-40-22-15-23-41-29-35-39-33(21-25-43-35)31-17-10-12-19-37(31)45(39)27-14-8-6-4-2/h9-12,16-21,24-25,40-41H,3-8,13-15,22-23,26-29H2,1-2H3. The maximum atomic E-state index is 4.86. The Bertz CT molecular complexity index is 1700. The van der Waals surface area contributed by atoms with Crippen LogP contribution in [0.3, 0.4) is 0 Å². The average Bonchev–Trinajstić information content (AvgIpc) is 3.58. The van der Waals surface area contributed by atoms with Gasteiger partial charge in [0, 0.05) is 71.2 Å². The molecule has 6 nitrogen and oxygen atoms in total. The van der Waals surface area contributed by atoms with Crippen molar-refractivity contribution in [3.05, 3.63) is 84.4 Å². The molecule has 45 heavy (non-hydrogen) atoms. The van der Waals surface area contributed by atoms with Crippen LogP contribution in [0, 0.1) is 0 Å². The van der Waals surface area contributed by atoms with Crippen molar-refractivity contribution >= 4 is 43.6 Å². The fraction of sp³-hybridized carbons (Fsp3) is 0.436. The number of aryl methyl sites for hydroxylation is 2. The summed E-state index contributed by atoms with van der Waals surface area (Å²) in [5, 5.41) is 12.7. The lowest BCUT2D eigenvalue weighted by atomic mass is 10.1. The number of pyridine rings is 2. The number of nitrogens with one attached hydrogen (secondary N) is 2. The second kappa shape index (κ2) is 15.5. The smallest absolute Gasteiger partial charge is 0.0784 e. The van der Waals surface area contributed by atoms with Gasteiger partial charge in [0.05, 0.1) is 22.4 Å². The van der Waals surface area contributed by atoms with E-state index in [9.17, 15) is 0 Å². The van der Waals surface area contributed by atoms with Crippen molar-refractivity contribution in [2.75, 3.05) is 13.1 Å². The minimum absolute atomic E-state index is 0.779. The summed E-state index contributed by atoms with van der Waals surface area (Å²) < 4.78 is 5.03. The van der Waals surface area contributed by atoms with Crippen molar-refractivity contribution in [3.8, 4) is 0 Å². The molecule has 0 fully saturated rings. The highest BCUT2D eigenvalue weighted by atomic mass is 15.0. The van der Waals surface area contributed by atoms with Crippen LogP contribution in [0.15, 0.2) is 73.1 Å². The lowest BCUT2D eigenvalue weighted by Crippen LogP contribution is -2.22. The van der Waals surface area contributed by atoms with E-state index < -0.39 is 0 Å². The molecule has 0 unspecified atom stereocenters. The molecule has 4 heterocycles. The fourth-order valence-corrected chi connectivity index (χ4v) is 7.01. The molecule has 4 aromatic heterocycles. The van der Waals surface area contributed by atoms with Gasteiger partial charge in [-0.05, 0) is 56.6 Å². The third-order valence-corrected chi connectivity index (χ3v) is 9.27. The van der Waals surface area contributed by atoms with E-state index in [0.29, 0.717) is 0 Å². The van der Waals surface area contributed by atoms with Gasteiger partial charge in [0.15, 0.2) is 0 Å². The van der Waals surface area contributed by atoms with E-state index in [1.807, 2.05) is 12.4 Å². The number of para-hydroxylation sites is 2. The molecule has 0 radical (unpaired) electrons. The first-order valence-electron chi connectivity index (χ1n) is 17.4. The zero-order chi connectivity index (χ0) is 30.8. The Morgan fingerprint density at radius 1 is 0.511 bits per heavy atom. The maximum absolute atomic E-state index is 4.86. The van der Waals surface area contributed by atoms with E-state index in [1.54, 1.807) is 0 Å². The number of hydrogen-bond donors (Lipinski definition) is 2. The van der Waals surface area contributed by atoms with Crippen LogP contribution in [-0.2, 0) is 26.2 Å². The zero-order valence-electron chi connectivity index (χ0n) is 27.3. The molecule has 0 saturated carbocycles. The Labute approximate surface area is 268 Å². The molecule has 6 heteroatoms. The summed E-state index contributed by atoms with van der Waals surface area (Å²) in [6.45, 7) is 10.1. The SMILES string of the molecule is CCCCCCn1c2ccccc2c2ccnc(CNCCCNCc3nccc4c5ccccc5n(CCCCCC)c34)c21. The van der Waals surface area contributed by atoms with Crippen LogP contribution >= 0.6 is 0 Å². The lowest BCUT2D eigenvalue weighted by molar-refractivity contribution is 0.581. The molecule has 2 aromatic carbocycles. The summed E-state index contributed by atoms with van der Waals surface area (Å²) in [4.78, 5) is 9.72. The van der Waals surface area contributed by atoms with Gasteiger partial charge in [0.25, 0.3) is 0 Å². The van der Waals surface area contributed by atoms with E-state index in [1.165, 1.54) is 95.0 Å². The van der Waals surface area contributed by atoms with Gasteiger partial charge in [0.1, 0.15) is 0 Å². The monoisotopic (exact) mass is 602 g/mol. The van der Waals surface area contributed by atoms with Crippen molar-refractivity contribution in [2.45, 2.75) is 97.8 Å². The number of unbranched alkanes of at least 4 members (excludes halogenated alkanes) is 6. The number of hydrogen-bond acceptors (Lipinski definition) is 4. The number of fused-ring (bicyclic) bond motifs is 6. The summed E-state index contributed by atoms with van der Waals surface area (Å²) >= 11 is 0. The quantitative estimate of drug-likeness (QED) is 0.0964. The molecule has 0 saturated heterocycles. The summed E-state index contributed by atoms with van der Waals surface area (Å²) in [6.07, 6.45) is 15.1. The number of aromatic nitrogens is 4. The van der Waals surface area contributed by atoms with Gasteiger partial charge >= 0.3 is 0 Å². The highest BCUT2D eigenvalue weighted by Gasteiger charge is 2.16. The van der Waals surface area contributed by atoms with Crippen molar-refractivity contribution in [3.63, 3.8) is 0 Å². The first-order valence-corrected chi connectivity index (χ1v) is 17.4. The molecule has 0 aliphatic carbocycles. The van der Waals surface area contributed by atoms with Crippen molar-refractivity contribution < 1.29 is 0 Å². The topological polar surface area (TPSA) is 59.7 Å². The predicted molar refractivity (Wildman–Crippen MR) is 191 cm³/mol. The molecule has 0 atom stereocenters. The lowest BCUT2D eigenvalue weighted by Gasteiger charge is -2.12. The number of rotatable bonds is 18. The third kappa shape index (κ3) is 6.92. The summed E-state index contributed by atoms with van der Waals surface area (Å²) in [7, 11) is 0. The number of benzene rings is 2. The second-order valence-corrected chi connectivity index (χ2v) is 12.5. The van der Waals surface area contributed by atoms with E-state index >= 15 is 0 Å². The number of nitrogens with zero attached hydrogens (tertiary/aromatic N) is 4. The van der Waals surface area contributed by atoms with Gasteiger partial charge in [0.2, 0.25) is 0 Å². The molecule has 0 aliphatic rings. The average molecular weight is 603 g/mol. The Hall–Kier alpha value is -3.74. The Kier molecular flexibility index (Phi) is 10.8. The summed E-state index contributed by atoms with van der Waals surface area (Å²) in [6, 6.07) is 22.0. The minimum Gasteiger partial charge on any atom is -0.339 e. The molecule has 0 amide bonds. The van der Waals surface area contributed by atoms with Crippen molar-refractivity contribution in [1.29, 1.82) is 0 Å². The molecule has 0 aliphatic heterocycles. The zero-order valence-corrected chi connectivity index (χ0v) is 27.3. The highest BCUT2D eigenvalue weighted by molar-refractivity contribution is 6.09. The summed E-state index contributed by atoms with van der Waals surface area (Å²) in [5.74, 6) is 0. The van der Waals surface area contributed by atoms with E-state index in [2.05, 4.69) is 94.3 Å². The Balaban J connectivity index is 1.07. The van der Waals surface area contributed by atoms with Gasteiger partial charge in [-0.1, -0.05) is 88.8 Å². The Morgan fingerprint density at radius 3 is 1.44 bits per heavy atom. The van der Waals surface area contributed by atoms with Crippen LogP contribution in [0.5, 0.6) is 0 Å². The molecule has 0 bridgehead atoms. The third-order valence-electron chi connectivity index (χ3n) is 9.27. The Morgan fingerprint density at radius 2 is 0.978 bits per heavy atom. The normalized spacial score (nSPS) is 12.0. The maximum Gasteiger partial charge on any atom is 0.0784 e. The van der Waals surface area contributed by atoms with Crippen LogP contribution in [-0.4, -0.2) is 32.2 Å². The molecule has 236 valence electrons. The molecular formula is C39H50N6.